The minimum Gasteiger partial charge on any atom is -0.370 e. The average molecular weight is 321 g/mol. The fourth-order valence-corrected chi connectivity index (χ4v) is 2.75. The van der Waals surface area contributed by atoms with Crippen LogP contribution in [0.3, 0.4) is 0 Å². The van der Waals surface area contributed by atoms with Crippen LogP contribution < -0.4 is 11.1 Å². The number of carbonyl (C=O) groups excluding carboxylic acids is 1. The molecule has 1 amide bonds. The van der Waals surface area contributed by atoms with E-state index < -0.39 is 0 Å². The van der Waals surface area contributed by atoms with E-state index in [0.29, 0.717) is 5.56 Å². The first-order chi connectivity index (χ1) is 11.5. The van der Waals surface area contributed by atoms with Gasteiger partial charge in [0.15, 0.2) is 5.96 Å². The second kappa shape index (κ2) is 6.16. The number of carbonyl (C=O) groups is 1. The smallest absolute Gasteiger partial charge is 0.259 e. The Hall–Kier alpha value is -3.15. The van der Waals surface area contributed by atoms with Crippen LogP contribution in [-0.4, -0.2) is 21.4 Å². The maximum atomic E-state index is 12.3. The van der Waals surface area contributed by atoms with Crippen molar-refractivity contribution in [1.29, 1.82) is 5.41 Å². The molecule has 0 radical (unpaired) electrons. The molecule has 0 aliphatic heterocycles. The summed E-state index contributed by atoms with van der Waals surface area (Å²) in [6.07, 6.45) is 5.47. The predicted molar refractivity (Wildman–Crippen MR) is 94.5 cm³/mol. The first-order valence-corrected chi connectivity index (χ1v) is 7.68. The molecule has 6 heteroatoms. The van der Waals surface area contributed by atoms with Crippen molar-refractivity contribution in [3.63, 3.8) is 0 Å². The zero-order valence-electron chi connectivity index (χ0n) is 13.6. The summed E-state index contributed by atoms with van der Waals surface area (Å²) in [4.78, 5) is 16.7. The summed E-state index contributed by atoms with van der Waals surface area (Å²) >= 11 is 0. The summed E-state index contributed by atoms with van der Waals surface area (Å²) in [6.45, 7) is 4.05. The van der Waals surface area contributed by atoms with Gasteiger partial charge in [-0.3, -0.25) is 20.5 Å². The normalized spacial score (nSPS) is 11.0. The van der Waals surface area contributed by atoms with Crippen molar-refractivity contribution in [3.05, 3.63) is 60.0 Å². The molecule has 0 saturated heterocycles. The topological polar surface area (TPSA) is 96.8 Å². The molecule has 0 saturated carbocycles. The number of amides is 1. The lowest BCUT2D eigenvalue weighted by Crippen LogP contribution is -2.36. The van der Waals surface area contributed by atoms with Crippen molar-refractivity contribution in [1.82, 2.24) is 14.9 Å². The molecule has 24 heavy (non-hydrogen) atoms. The first kappa shape index (κ1) is 15.7. The van der Waals surface area contributed by atoms with E-state index in [2.05, 4.69) is 10.3 Å². The van der Waals surface area contributed by atoms with Crippen LogP contribution in [0.25, 0.3) is 16.6 Å². The van der Waals surface area contributed by atoms with Gasteiger partial charge >= 0.3 is 0 Å². The number of pyridine rings is 1. The SMILES string of the molecule is CC(C)c1cn(-c2ccnc3ccccc23)cc1C(=O)NC(=N)N. The molecule has 2 heterocycles. The molecule has 1 aromatic carbocycles. The molecule has 0 spiro atoms. The number of nitrogens with zero attached hydrogens (tertiary/aromatic N) is 2. The van der Waals surface area contributed by atoms with Gasteiger partial charge < -0.3 is 10.3 Å². The summed E-state index contributed by atoms with van der Waals surface area (Å²) in [6, 6.07) is 9.78. The third kappa shape index (κ3) is 2.86. The minimum atomic E-state index is -0.372. The van der Waals surface area contributed by atoms with Crippen molar-refractivity contribution in [3.8, 4) is 5.69 Å². The average Bonchev–Trinajstić information content (AvgIpc) is 2.99. The van der Waals surface area contributed by atoms with E-state index in [4.69, 9.17) is 11.1 Å². The fourth-order valence-electron chi connectivity index (χ4n) is 2.75. The molecule has 0 fully saturated rings. The van der Waals surface area contributed by atoms with Gasteiger partial charge in [-0.15, -0.1) is 0 Å². The number of nitrogens with one attached hydrogen (secondary N) is 2. The van der Waals surface area contributed by atoms with Crippen molar-refractivity contribution < 1.29 is 4.79 Å². The highest BCUT2D eigenvalue weighted by molar-refractivity contribution is 6.05. The second-order valence-electron chi connectivity index (χ2n) is 5.90. The summed E-state index contributed by atoms with van der Waals surface area (Å²) in [5, 5.41) is 10.6. The molecule has 0 aliphatic rings. The second-order valence-corrected chi connectivity index (χ2v) is 5.90. The zero-order valence-corrected chi connectivity index (χ0v) is 13.6. The van der Waals surface area contributed by atoms with Crippen molar-refractivity contribution >= 4 is 22.8 Å². The Kier molecular flexibility index (Phi) is 4.04. The third-order valence-electron chi connectivity index (χ3n) is 3.88. The largest absolute Gasteiger partial charge is 0.370 e. The Morgan fingerprint density at radius 1 is 1.25 bits per heavy atom. The molecule has 122 valence electrons. The number of hydrogen-bond donors (Lipinski definition) is 3. The summed E-state index contributed by atoms with van der Waals surface area (Å²) in [5.74, 6) is -0.577. The van der Waals surface area contributed by atoms with E-state index in [1.165, 1.54) is 0 Å². The Balaban J connectivity index is 2.15. The van der Waals surface area contributed by atoms with Gasteiger partial charge in [-0.05, 0) is 23.6 Å². The minimum absolute atomic E-state index is 0.159. The van der Waals surface area contributed by atoms with Gasteiger partial charge in [-0.25, -0.2) is 0 Å². The number of benzene rings is 1. The van der Waals surface area contributed by atoms with E-state index in [1.54, 1.807) is 12.4 Å². The van der Waals surface area contributed by atoms with Crippen LogP contribution >= 0.6 is 0 Å². The van der Waals surface area contributed by atoms with Crippen molar-refractivity contribution in [2.75, 3.05) is 0 Å². The van der Waals surface area contributed by atoms with E-state index in [0.717, 1.165) is 22.2 Å². The number of fused-ring (bicyclic) bond motifs is 1. The molecule has 4 N–H and O–H groups in total. The number of para-hydroxylation sites is 1. The number of rotatable bonds is 3. The van der Waals surface area contributed by atoms with Gasteiger partial charge in [0, 0.05) is 24.0 Å². The fraction of sp³-hybridized carbons (Fsp3) is 0.167. The van der Waals surface area contributed by atoms with Crippen LogP contribution in [0.2, 0.25) is 0 Å². The molecule has 6 nitrogen and oxygen atoms in total. The molecular weight excluding hydrogens is 302 g/mol. The van der Waals surface area contributed by atoms with Crippen LogP contribution in [0, 0.1) is 5.41 Å². The van der Waals surface area contributed by atoms with E-state index in [-0.39, 0.29) is 17.8 Å². The quantitative estimate of drug-likeness (QED) is 0.511. The molecule has 3 aromatic rings. The molecule has 0 aliphatic carbocycles. The standard InChI is InChI=1S/C18H19N5O/c1-11(2)13-9-23(10-14(13)17(24)22-18(19)20)16-7-8-21-15-6-4-3-5-12(15)16/h3-11H,1-2H3,(H4,19,20,22,24). The Morgan fingerprint density at radius 2 is 2.00 bits per heavy atom. The van der Waals surface area contributed by atoms with E-state index in [1.807, 2.05) is 54.9 Å². The summed E-state index contributed by atoms with van der Waals surface area (Å²) in [7, 11) is 0. The predicted octanol–water partition coefficient (Wildman–Crippen LogP) is 2.77. The number of hydrogen-bond acceptors (Lipinski definition) is 3. The van der Waals surface area contributed by atoms with Crippen LogP contribution in [0.15, 0.2) is 48.9 Å². The first-order valence-electron chi connectivity index (χ1n) is 7.68. The van der Waals surface area contributed by atoms with Crippen LogP contribution in [-0.2, 0) is 0 Å². The molecular formula is C18H19N5O. The number of guanidine groups is 1. The van der Waals surface area contributed by atoms with Crippen molar-refractivity contribution in [2.24, 2.45) is 5.73 Å². The van der Waals surface area contributed by atoms with Gasteiger partial charge in [0.05, 0.1) is 16.8 Å². The van der Waals surface area contributed by atoms with Gasteiger partial charge in [0.2, 0.25) is 0 Å². The van der Waals surface area contributed by atoms with Gasteiger partial charge in [0.1, 0.15) is 0 Å². The highest BCUT2D eigenvalue weighted by Crippen LogP contribution is 2.26. The zero-order chi connectivity index (χ0) is 17.3. The molecule has 0 atom stereocenters. The molecule has 3 rings (SSSR count). The van der Waals surface area contributed by atoms with Crippen molar-refractivity contribution in [2.45, 2.75) is 19.8 Å². The highest BCUT2D eigenvalue weighted by atomic mass is 16.1. The van der Waals surface area contributed by atoms with Gasteiger partial charge in [0.25, 0.3) is 5.91 Å². The summed E-state index contributed by atoms with van der Waals surface area (Å²) < 4.78 is 1.92. The van der Waals surface area contributed by atoms with E-state index in [9.17, 15) is 4.79 Å². The Labute approximate surface area is 139 Å². The van der Waals surface area contributed by atoms with Crippen LogP contribution in [0.5, 0.6) is 0 Å². The molecule has 0 bridgehead atoms. The summed E-state index contributed by atoms with van der Waals surface area (Å²) in [5.41, 5.74) is 8.54. The van der Waals surface area contributed by atoms with Gasteiger partial charge in [-0.1, -0.05) is 32.0 Å². The Bertz CT molecular complexity index is 921. The maximum Gasteiger partial charge on any atom is 0.259 e. The third-order valence-corrected chi connectivity index (χ3v) is 3.88. The van der Waals surface area contributed by atoms with Crippen LogP contribution in [0.4, 0.5) is 0 Å². The monoisotopic (exact) mass is 321 g/mol. The number of aromatic nitrogens is 2. The molecule has 0 unspecified atom stereocenters. The van der Waals surface area contributed by atoms with E-state index >= 15 is 0 Å². The maximum absolute atomic E-state index is 12.3. The lowest BCUT2D eigenvalue weighted by molar-refractivity contribution is 0.0975. The van der Waals surface area contributed by atoms with Crippen LogP contribution in [0.1, 0.15) is 35.7 Å². The lowest BCUT2D eigenvalue weighted by Gasteiger charge is -2.07. The Morgan fingerprint density at radius 3 is 2.71 bits per heavy atom. The highest BCUT2D eigenvalue weighted by Gasteiger charge is 2.18. The lowest BCUT2D eigenvalue weighted by atomic mass is 10.0. The van der Waals surface area contributed by atoms with Gasteiger partial charge in [-0.2, -0.15) is 0 Å². The number of nitrogens with two attached hydrogens (primary N) is 1. The molecule has 2 aromatic heterocycles.